The SMILES string of the molecule is CCOc1ccc(C(=O)N(C/C(C)=C/c2ccccc2)C[C@@H]2CCCN2CC2CCCCC2)cc1OCC. The van der Waals surface area contributed by atoms with Gasteiger partial charge >= 0.3 is 0 Å². The Bertz CT molecular complexity index is 1050. The van der Waals surface area contributed by atoms with Crippen molar-refractivity contribution in [3.8, 4) is 11.5 Å². The lowest BCUT2D eigenvalue weighted by molar-refractivity contribution is 0.0709. The molecule has 0 bridgehead atoms. The molecule has 2 aliphatic rings. The molecule has 5 nitrogen and oxygen atoms in total. The molecule has 2 aromatic carbocycles. The van der Waals surface area contributed by atoms with E-state index in [2.05, 4.69) is 47.1 Å². The van der Waals surface area contributed by atoms with Crippen molar-refractivity contribution in [3.05, 3.63) is 65.2 Å². The van der Waals surface area contributed by atoms with Crippen LogP contribution in [0.2, 0.25) is 0 Å². The van der Waals surface area contributed by atoms with Crippen LogP contribution in [-0.4, -0.2) is 61.1 Å². The normalized spacial score (nSPS) is 18.9. The van der Waals surface area contributed by atoms with Gasteiger partial charge in [-0.2, -0.15) is 0 Å². The molecule has 1 amide bonds. The molecule has 0 N–H and O–H groups in total. The molecule has 1 aliphatic heterocycles. The Balaban J connectivity index is 1.55. The van der Waals surface area contributed by atoms with Crippen LogP contribution >= 0.6 is 0 Å². The number of carbonyl (C=O) groups is 1. The van der Waals surface area contributed by atoms with Crippen molar-refractivity contribution >= 4 is 12.0 Å². The Morgan fingerprint density at radius 2 is 1.68 bits per heavy atom. The van der Waals surface area contributed by atoms with Crippen molar-refractivity contribution in [3.63, 3.8) is 0 Å². The Kier molecular flexibility index (Phi) is 10.7. The van der Waals surface area contributed by atoms with Crippen LogP contribution in [0.1, 0.15) is 81.6 Å². The Hall–Kier alpha value is -2.79. The first-order chi connectivity index (χ1) is 18.6. The number of rotatable bonds is 12. The summed E-state index contributed by atoms with van der Waals surface area (Å²) in [4.78, 5) is 18.8. The van der Waals surface area contributed by atoms with Crippen molar-refractivity contribution in [2.75, 3.05) is 39.4 Å². The van der Waals surface area contributed by atoms with Gasteiger partial charge in [0.25, 0.3) is 5.91 Å². The molecule has 0 aromatic heterocycles. The van der Waals surface area contributed by atoms with Gasteiger partial charge in [-0.25, -0.2) is 0 Å². The molecule has 0 unspecified atom stereocenters. The first-order valence-corrected chi connectivity index (χ1v) is 14.7. The lowest BCUT2D eigenvalue weighted by atomic mass is 9.89. The molecule has 1 aliphatic carbocycles. The second-order valence-corrected chi connectivity index (χ2v) is 10.9. The van der Waals surface area contributed by atoms with Gasteiger partial charge in [-0.3, -0.25) is 9.69 Å². The number of benzene rings is 2. The molecular weight excluding hydrogens is 472 g/mol. The Morgan fingerprint density at radius 1 is 0.947 bits per heavy atom. The molecule has 1 atom stereocenters. The average Bonchev–Trinajstić information content (AvgIpc) is 3.36. The molecule has 0 spiro atoms. The summed E-state index contributed by atoms with van der Waals surface area (Å²) in [6.45, 7) is 10.8. The fourth-order valence-electron chi connectivity index (χ4n) is 6.06. The molecule has 0 radical (unpaired) electrons. The zero-order valence-electron chi connectivity index (χ0n) is 23.7. The largest absolute Gasteiger partial charge is 0.490 e. The van der Waals surface area contributed by atoms with Crippen molar-refractivity contribution in [1.29, 1.82) is 0 Å². The number of hydrogen-bond acceptors (Lipinski definition) is 4. The van der Waals surface area contributed by atoms with Gasteiger partial charge in [0.1, 0.15) is 0 Å². The molecule has 2 aromatic rings. The van der Waals surface area contributed by atoms with Crippen LogP contribution in [-0.2, 0) is 0 Å². The van der Waals surface area contributed by atoms with Crippen molar-refractivity contribution in [2.24, 2.45) is 5.92 Å². The lowest BCUT2D eigenvalue weighted by Gasteiger charge is -2.34. The molecule has 1 heterocycles. The minimum Gasteiger partial charge on any atom is -0.490 e. The monoisotopic (exact) mass is 518 g/mol. The Labute approximate surface area is 229 Å². The summed E-state index contributed by atoms with van der Waals surface area (Å²) in [6, 6.07) is 16.4. The molecule has 4 rings (SSSR count). The fraction of sp³-hybridized carbons (Fsp3) is 0.545. The molecule has 38 heavy (non-hydrogen) atoms. The number of ether oxygens (including phenoxy) is 2. The highest BCUT2D eigenvalue weighted by Gasteiger charge is 2.31. The van der Waals surface area contributed by atoms with E-state index in [1.54, 1.807) is 0 Å². The van der Waals surface area contributed by atoms with E-state index in [0.717, 1.165) is 31.0 Å². The first-order valence-electron chi connectivity index (χ1n) is 14.7. The third-order valence-electron chi connectivity index (χ3n) is 7.88. The highest BCUT2D eigenvalue weighted by atomic mass is 16.5. The van der Waals surface area contributed by atoms with E-state index in [0.29, 0.717) is 42.9 Å². The van der Waals surface area contributed by atoms with Gasteiger partial charge in [0, 0.05) is 31.2 Å². The number of nitrogens with zero attached hydrogens (tertiary/aromatic N) is 2. The third kappa shape index (κ3) is 7.86. The van der Waals surface area contributed by atoms with Crippen LogP contribution in [0.15, 0.2) is 54.1 Å². The second kappa shape index (κ2) is 14.4. The number of likely N-dealkylation sites (tertiary alicyclic amines) is 1. The van der Waals surface area contributed by atoms with Crippen LogP contribution in [0.5, 0.6) is 11.5 Å². The van der Waals surface area contributed by atoms with E-state index in [-0.39, 0.29) is 5.91 Å². The van der Waals surface area contributed by atoms with Gasteiger partial charge < -0.3 is 14.4 Å². The summed E-state index contributed by atoms with van der Waals surface area (Å²) >= 11 is 0. The van der Waals surface area contributed by atoms with Crippen LogP contribution in [0.4, 0.5) is 0 Å². The van der Waals surface area contributed by atoms with Crippen molar-refractivity contribution < 1.29 is 14.3 Å². The summed E-state index contributed by atoms with van der Waals surface area (Å²) in [7, 11) is 0. The smallest absolute Gasteiger partial charge is 0.254 e. The summed E-state index contributed by atoms with van der Waals surface area (Å²) < 4.78 is 11.6. The van der Waals surface area contributed by atoms with E-state index < -0.39 is 0 Å². The minimum atomic E-state index is 0.0549. The van der Waals surface area contributed by atoms with E-state index >= 15 is 0 Å². The predicted octanol–water partition coefficient (Wildman–Crippen LogP) is 7.07. The van der Waals surface area contributed by atoms with E-state index in [1.165, 1.54) is 50.6 Å². The van der Waals surface area contributed by atoms with Gasteiger partial charge in [-0.1, -0.05) is 61.2 Å². The topological polar surface area (TPSA) is 42.0 Å². The number of amides is 1. The van der Waals surface area contributed by atoms with Gasteiger partial charge in [0.2, 0.25) is 0 Å². The van der Waals surface area contributed by atoms with E-state index in [1.807, 2.05) is 38.1 Å². The average molecular weight is 519 g/mol. The molecular formula is C33H46N2O3. The van der Waals surface area contributed by atoms with Gasteiger partial charge in [0.15, 0.2) is 11.5 Å². The van der Waals surface area contributed by atoms with Gasteiger partial charge in [-0.05, 0) is 82.7 Å². The van der Waals surface area contributed by atoms with Crippen LogP contribution in [0.25, 0.3) is 6.08 Å². The molecule has 1 saturated carbocycles. The molecule has 2 fully saturated rings. The zero-order chi connectivity index (χ0) is 26.7. The number of hydrogen-bond donors (Lipinski definition) is 0. The quantitative estimate of drug-likeness (QED) is 0.301. The molecule has 1 saturated heterocycles. The first kappa shape index (κ1) is 28.2. The third-order valence-corrected chi connectivity index (χ3v) is 7.88. The minimum absolute atomic E-state index is 0.0549. The van der Waals surface area contributed by atoms with Crippen LogP contribution in [0, 0.1) is 5.92 Å². The Morgan fingerprint density at radius 3 is 2.42 bits per heavy atom. The van der Waals surface area contributed by atoms with Gasteiger partial charge in [0.05, 0.1) is 13.2 Å². The maximum absolute atomic E-state index is 14.0. The van der Waals surface area contributed by atoms with E-state index in [9.17, 15) is 4.79 Å². The van der Waals surface area contributed by atoms with Crippen LogP contribution in [0.3, 0.4) is 0 Å². The summed E-state index contributed by atoms with van der Waals surface area (Å²) in [5.74, 6) is 2.19. The predicted molar refractivity (Wildman–Crippen MR) is 156 cm³/mol. The van der Waals surface area contributed by atoms with Gasteiger partial charge in [-0.15, -0.1) is 0 Å². The molecule has 5 heteroatoms. The summed E-state index contributed by atoms with van der Waals surface area (Å²) in [6.07, 6.45) is 11.4. The van der Waals surface area contributed by atoms with E-state index in [4.69, 9.17) is 9.47 Å². The fourth-order valence-corrected chi connectivity index (χ4v) is 6.06. The zero-order valence-corrected chi connectivity index (χ0v) is 23.7. The second-order valence-electron chi connectivity index (χ2n) is 10.9. The summed E-state index contributed by atoms with van der Waals surface area (Å²) in [5, 5.41) is 0. The van der Waals surface area contributed by atoms with Crippen LogP contribution < -0.4 is 9.47 Å². The highest BCUT2D eigenvalue weighted by Crippen LogP contribution is 2.31. The molecule has 206 valence electrons. The maximum Gasteiger partial charge on any atom is 0.254 e. The van der Waals surface area contributed by atoms with Crippen molar-refractivity contribution in [2.45, 2.75) is 71.8 Å². The summed E-state index contributed by atoms with van der Waals surface area (Å²) in [5.41, 5.74) is 3.00. The number of carbonyl (C=O) groups excluding carboxylic acids is 1. The van der Waals surface area contributed by atoms with Crippen molar-refractivity contribution in [1.82, 2.24) is 9.80 Å². The highest BCUT2D eigenvalue weighted by molar-refractivity contribution is 5.95. The maximum atomic E-state index is 14.0. The standard InChI is InChI=1S/C33H46N2O3/c1-4-37-31-19-18-29(22-32(31)38-5-2)33(36)35(23-26(3)21-27-13-8-6-9-14-27)25-30-17-12-20-34(30)24-28-15-10-7-11-16-28/h6,8-9,13-14,18-19,21-22,28,30H,4-5,7,10-12,15-17,20,23-25H2,1-3H3/b26-21+/t30-/m0/s1. The lowest BCUT2D eigenvalue weighted by Crippen LogP contribution is -2.45.